The minimum atomic E-state index is -0.527. The number of hydrogen-bond acceptors (Lipinski definition) is 4. The quantitative estimate of drug-likeness (QED) is 0.396. The predicted octanol–water partition coefficient (Wildman–Crippen LogP) is -0.881. The number of aliphatic hydroxyl groups excluding tert-OH is 1. The van der Waals surface area contributed by atoms with E-state index in [9.17, 15) is 9.59 Å². The van der Waals surface area contributed by atoms with Crippen LogP contribution in [0.25, 0.3) is 0 Å². The first-order valence-electron chi connectivity index (χ1n) is 6.03. The van der Waals surface area contributed by atoms with Crippen LogP contribution >= 0.6 is 0 Å². The van der Waals surface area contributed by atoms with Gasteiger partial charge >= 0.3 is 0 Å². The Morgan fingerprint density at radius 3 is 2.59 bits per heavy atom. The second-order valence-corrected chi connectivity index (χ2v) is 3.77. The Balaban J connectivity index is 4.17. The Morgan fingerprint density at radius 1 is 1.35 bits per heavy atom. The summed E-state index contributed by atoms with van der Waals surface area (Å²) in [5.74, 6) is -0.403. The van der Waals surface area contributed by atoms with Crippen LogP contribution in [0, 0.1) is 0 Å². The van der Waals surface area contributed by atoms with E-state index in [-0.39, 0.29) is 25.0 Å². The number of unbranched alkanes of at least 4 members (excludes halogenated alkanes) is 1. The van der Waals surface area contributed by atoms with Crippen LogP contribution in [0.1, 0.15) is 32.6 Å². The van der Waals surface area contributed by atoms with Gasteiger partial charge in [0, 0.05) is 13.0 Å². The molecule has 0 radical (unpaired) electrons. The molecule has 100 valence electrons. The van der Waals surface area contributed by atoms with Crippen LogP contribution in [0.15, 0.2) is 0 Å². The molecule has 6 heteroatoms. The smallest absolute Gasteiger partial charge is 0.242 e. The highest BCUT2D eigenvalue weighted by atomic mass is 16.3. The van der Waals surface area contributed by atoms with Crippen LogP contribution in [-0.4, -0.2) is 42.7 Å². The Bertz CT molecular complexity index is 234. The van der Waals surface area contributed by atoms with Gasteiger partial charge in [0.15, 0.2) is 0 Å². The largest absolute Gasteiger partial charge is 0.395 e. The maximum Gasteiger partial charge on any atom is 0.242 e. The Hall–Kier alpha value is -1.14. The first kappa shape index (κ1) is 15.9. The summed E-state index contributed by atoms with van der Waals surface area (Å²) in [5, 5.41) is 13.8. The van der Waals surface area contributed by atoms with Crippen molar-refractivity contribution in [3.8, 4) is 0 Å². The van der Waals surface area contributed by atoms with Gasteiger partial charge in [0.2, 0.25) is 11.8 Å². The molecule has 5 N–H and O–H groups in total. The number of aliphatic hydroxyl groups is 1. The third-order valence-corrected chi connectivity index (χ3v) is 2.33. The maximum atomic E-state index is 11.7. The predicted molar refractivity (Wildman–Crippen MR) is 65.2 cm³/mol. The summed E-state index contributed by atoms with van der Waals surface area (Å²) in [6, 6.07) is -0.527. The topological polar surface area (TPSA) is 104 Å². The van der Waals surface area contributed by atoms with Gasteiger partial charge in [0.25, 0.3) is 0 Å². The highest BCUT2D eigenvalue weighted by Crippen LogP contribution is 2.01. The van der Waals surface area contributed by atoms with Gasteiger partial charge in [-0.15, -0.1) is 0 Å². The Labute approximate surface area is 102 Å². The molecule has 6 nitrogen and oxygen atoms in total. The zero-order valence-corrected chi connectivity index (χ0v) is 10.4. The Morgan fingerprint density at radius 2 is 2.06 bits per heavy atom. The first-order valence-corrected chi connectivity index (χ1v) is 6.03. The number of nitrogens with one attached hydrogen (secondary N) is 2. The molecule has 0 spiro atoms. The number of nitrogens with two attached hydrogens (primary N) is 1. The molecular weight excluding hydrogens is 222 g/mol. The maximum absolute atomic E-state index is 11.7. The number of hydrogen-bond donors (Lipinski definition) is 4. The highest BCUT2D eigenvalue weighted by molar-refractivity contribution is 5.87. The van der Waals surface area contributed by atoms with E-state index in [4.69, 9.17) is 10.8 Å². The van der Waals surface area contributed by atoms with E-state index in [1.807, 2.05) is 0 Å². The standard InChI is InChI=1S/C11H23N3O3/c1-2-10(16)14-9(5-3-4-6-12)11(17)13-7-8-15/h9,15H,2-8,12H2,1H3,(H,13,17)(H,14,16). The third kappa shape index (κ3) is 7.70. The molecular formula is C11H23N3O3. The number of carbonyl (C=O) groups is 2. The average Bonchev–Trinajstić information content (AvgIpc) is 2.34. The molecule has 0 fully saturated rings. The van der Waals surface area contributed by atoms with Gasteiger partial charge in [-0.2, -0.15) is 0 Å². The van der Waals surface area contributed by atoms with E-state index in [2.05, 4.69) is 10.6 Å². The molecule has 0 aliphatic heterocycles. The van der Waals surface area contributed by atoms with Crippen molar-refractivity contribution in [2.24, 2.45) is 5.73 Å². The third-order valence-electron chi connectivity index (χ3n) is 2.33. The van der Waals surface area contributed by atoms with E-state index in [0.29, 0.717) is 19.4 Å². The normalized spacial score (nSPS) is 11.9. The van der Waals surface area contributed by atoms with E-state index >= 15 is 0 Å². The van der Waals surface area contributed by atoms with E-state index in [0.717, 1.165) is 12.8 Å². The summed E-state index contributed by atoms with van der Waals surface area (Å²) < 4.78 is 0. The molecule has 0 saturated heterocycles. The molecule has 2 amide bonds. The van der Waals surface area contributed by atoms with Crippen LogP contribution < -0.4 is 16.4 Å². The van der Waals surface area contributed by atoms with Gasteiger partial charge < -0.3 is 21.5 Å². The molecule has 0 saturated carbocycles. The monoisotopic (exact) mass is 245 g/mol. The minimum Gasteiger partial charge on any atom is -0.395 e. The summed E-state index contributed by atoms with van der Waals surface area (Å²) in [6.45, 7) is 2.40. The van der Waals surface area contributed by atoms with Crippen LogP contribution in [-0.2, 0) is 9.59 Å². The van der Waals surface area contributed by atoms with E-state index < -0.39 is 6.04 Å². The van der Waals surface area contributed by atoms with Crippen LogP contribution in [0.4, 0.5) is 0 Å². The molecule has 0 heterocycles. The lowest BCUT2D eigenvalue weighted by Crippen LogP contribution is -2.47. The number of amides is 2. The summed E-state index contributed by atoms with van der Waals surface area (Å²) in [4.78, 5) is 22.9. The molecule has 0 aromatic carbocycles. The molecule has 17 heavy (non-hydrogen) atoms. The van der Waals surface area contributed by atoms with E-state index in [1.54, 1.807) is 6.92 Å². The van der Waals surface area contributed by atoms with Gasteiger partial charge in [-0.05, 0) is 25.8 Å². The lowest BCUT2D eigenvalue weighted by Gasteiger charge is -2.17. The molecule has 0 aromatic rings. The van der Waals surface area contributed by atoms with Crippen molar-refractivity contribution >= 4 is 11.8 Å². The molecule has 0 aromatic heterocycles. The van der Waals surface area contributed by atoms with Crippen LogP contribution in [0.5, 0.6) is 0 Å². The highest BCUT2D eigenvalue weighted by Gasteiger charge is 2.18. The number of carbonyl (C=O) groups excluding carboxylic acids is 2. The average molecular weight is 245 g/mol. The molecule has 0 aliphatic rings. The minimum absolute atomic E-state index is 0.108. The van der Waals surface area contributed by atoms with Crippen molar-refractivity contribution < 1.29 is 14.7 Å². The zero-order valence-electron chi connectivity index (χ0n) is 10.4. The molecule has 1 unspecified atom stereocenters. The van der Waals surface area contributed by atoms with Crippen molar-refractivity contribution in [3.05, 3.63) is 0 Å². The van der Waals surface area contributed by atoms with E-state index in [1.165, 1.54) is 0 Å². The lowest BCUT2D eigenvalue weighted by atomic mass is 10.1. The second-order valence-electron chi connectivity index (χ2n) is 3.77. The van der Waals surface area contributed by atoms with Crippen molar-refractivity contribution in [2.45, 2.75) is 38.6 Å². The first-order chi connectivity index (χ1) is 8.15. The van der Waals surface area contributed by atoms with Gasteiger partial charge in [-0.1, -0.05) is 6.92 Å². The van der Waals surface area contributed by atoms with Crippen molar-refractivity contribution in [1.29, 1.82) is 0 Å². The lowest BCUT2D eigenvalue weighted by molar-refractivity contribution is -0.129. The van der Waals surface area contributed by atoms with Crippen molar-refractivity contribution in [3.63, 3.8) is 0 Å². The van der Waals surface area contributed by atoms with Gasteiger partial charge in [-0.25, -0.2) is 0 Å². The summed E-state index contributed by atoms with van der Waals surface area (Å²) in [7, 11) is 0. The summed E-state index contributed by atoms with van der Waals surface area (Å²) >= 11 is 0. The molecule has 0 aliphatic carbocycles. The van der Waals surface area contributed by atoms with Crippen LogP contribution in [0.3, 0.4) is 0 Å². The fourth-order valence-electron chi connectivity index (χ4n) is 1.36. The van der Waals surface area contributed by atoms with Gasteiger partial charge in [0.1, 0.15) is 6.04 Å². The number of rotatable bonds is 9. The molecule has 1 atom stereocenters. The van der Waals surface area contributed by atoms with Crippen molar-refractivity contribution in [1.82, 2.24) is 10.6 Å². The SMILES string of the molecule is CCC(=O)NC(CCCCN)C(=O)NCCO. The van der Waals surface area contributed by atoms with Gasteiger partial charge in [0.05, 0.1) is 6.61 Å². The van der Waals surface area contributed by atoms with Gasteiger partial charge in [-0.3, -0.25) is 9.59 Å². The molecule has 0 rings (SSSR count). The second kappa shape index (κ2) is 10.0. The summed E-state index contributed by atoms with van der Waals surface area (Å²) in [5.41, 5.74) is 5.38. The Kier molecular flexibility index (Phi) is 9.37. The van der Waals surface area contributed by atoms with Crippen molar-refractivity contribution in [2.75, 3.05) is 19.7 Å². The zero-order chi connectivity index (χ0) is 13.1. The fourth-order valence-corrected chi connectivity index (χ4v) is 1.36. The van der Waals surface area contributed by atoms with Crippen LogP contribution in [0.2, 0.25) is 0 Å². The molecule has 0 bridgehead atoms. The fraction of sp³-hybridized carbons (Fsp3) is 0.818. The summed E-state index contributed by atoms with van der Waals surface area (Å²) in [6.07, 6.45) is 2.53.